The van der Waals surface area contributed by atoms with Crippen molar-refractivity contribution in [2.24, 2.45) is 0 Å². The van der Waals surface area contributed by atoms with Gasteiger partial charge < -0.3 is 0 Å². The molecular weight excluding hydrogens is 324 g/mol. The zero-order valence-electron chi connectivity index (χ0n) is 15.9. The zero-order valence-corrected chi connectivity index (χ0v) is 16.6. The van der Waals surface area contributed by atoms with Crippen molar-refractivity contribution in [3.05, 3.63) is 82.4 Å². The molecule has 0 radical (unpaired) electrons. The SMILES string of the molecule is CC(C)(C)c1cccc(CC(C)(C)c2ccc3cc(Cl)ccc3c2)c1. The van der Waals surface area contributed by atoms with Crippen LogP contribution in [-0.2, 0) is 17.3 Å². The highest BCUT2D eigenvalue weighted by Gasteiger charge is 2.22. The van der Waals surface area contributed by atoms with Crippen LogP contribution in [0.2, 0.25) is 5.02 Å². The third-order valence-corrected chi connectivity index (χ3v) is 5.26. The predicted octanol–water partition coefficient (Wildman–Crippen LogP) is 7.31. The van der Waals surface area contributed by atoms with Gasteiger partial charge in [-0.2, -0.15) is 0 Å². The van der Waals surface area contributed by atoms with E-state index in [1.807, 2.05) is 12.1 Å². The molecule has 0 saturated heterocycles. The van der Waals surface area contributed by atoms with E-state index < -0.39 is 0 Å². The molecule has 3 aromatic rings. The summed E-state index contributed by atoms with van der Waals surface area (Å²) in [6.07, 6.45) is 1.02. The summed E-state index contributed by atoms with van der Waals surface area (Å²) >= 11 is 6.11. The Labute approximate surface area is 156 Å². The monoisotopic (exact) mass is 350 g/mol. The Balaban J connectivity index is 1.93. The fraction of sp³-hybridized carbons (Fsp3) is 0.333. The minimum atomic E-state index is 0.0737. The van der Waals surface area contributed by atoms with Gasteiger partial charge >= 0.3 is 0 Å². The van der Waals surface area contributed by atoms with E-state index in [2.05, 4.69) is 83.1 Å². The van der Waals surface area contributed by atoms with E-state index in [9.17, 15) is 0 Å². The van der Waals surface area contributed by atoms with Crippen LogP contribution in [0.3, 0.4) is 0 Å². The Morgan fingerprint density at radius 3 is 2.12 bits per heavy atom. The van der Waals surface area contributed by atoms with E-state index >= 15 is 0 Å². The molecule has 0 aliphatic carbocycles. The molecular formula is C24H27Cl. The minimum Gasteiger partial charge on any atom is -0.0843 e. The quantitative estimate of drug-likeness (QED) is 0.464. The molecule has 130 valence electrons. The largest absolute Gasteiger partial charge is 0.0843 e. The van der Waals surface area contributed by atoms with Crippen molar-refractivity contribution in [1.29, 1.82) is 0 Å². The molecule has 0 bridgehead atoms. The van der Waals surface area contributed by atoms with Crippen molar-refractivity contribution in [2.75, 3.05) is 0 Å². The fourth-order valence-electron chi connectivity index (χ4n) is 3.40. The summed E-state index contributed by atoms with van der Waals surface area (Å²) in [6, 6.07) is 21.9. The Kier molecular flexibility index (Phi) is 4.68. The summed E-state index contributed by atoms with van der Waals surface area (Å²) in [6.45, 7) is 11.5. The molecule has 0 N–H and O–H groups in total. The zero-order chi connectivity index (χ0) is 18.2. The molecule has 0 nitrogen and oxygen atoms in total. The predicted molar refractivity (Wildman–Crippen MR) is 111 cm³/mol. The molecule has 0 aliphatic heterocycles. The van der Waals surface area contributed by atoms with Crippen molar-refractivity contribution in [2.45, 2.75) is 51.9 Å². The van der Waals surface area contributed by atoms with E-state index in [0.717, 1.165) is 11.4 Å². The second-order valence-corrected chi connectivity index (χ2v) is 9.15. The number of halogens is 1. The van der Waals surface area contributed by atoms with Crippen LogP contribution in [0.1, 0.15) is 51.3 Å². The number of hydrogen-bond donors (Lipinski definition) is 0. The molecule has 25 heavy (non-hydrogen) atoms. The summed E-state index contributed by atoms with van der Waals surface area (Å²) in [4.78, 5) is 0. The average Bonchev–Trinajstić information content (AvgIpc) is 2.53. The van der Waals surface area contributed by atoms with Crippen molar-refractivity contribution in [3.63, 3.8) is 0 Å². The maximum absolute atomic E-state index is 6.11. The Morgan fingerprint density at radius 2 is 1.40 bits per heavy atom. The maximum atomic E-state index is 6.11. The van der Waals surface area contributed by atoms with E-state index in [-0.39, 0.29) is 10.8 Å². The van der Waals surface area contributed by atoms with E-state index in [1.165, 1.54) is 27.5 Å². The van der Waals surface area contributed by atoms with Gasteiger partial charge in [-0.25, -0.2) is 0 Å². The molecule has 0 saturated carbocycles. The first kappa shape index (κ1) is 18.0. The standard InChI is InChI=1S/C24H27Cl/c1-23(2,3)20-8-6-7-17(13-20)16-24(4,5)21-11-9-19-15-22(25)12-10-18(19)14-21/h6-15H,16H2,1-5H3. The lowest BCUT2D eigenvalue weighted by Crippen LogP contribution is -2.21. The van der Waals surface area contributed by atoms with E-state index in [0.29, 0.717) is 0 Å². The van der Waals surface area contributed by atoms with E-state index in [4.69, 9.17) is 11.6 Å². The van der Waals surface area contributed by atoms with Crippen molar-refractivity contribution in [3.8, 4) is 0 Å². The van der Waals surface area contributed by atoms with Gasteiger partial charge in [0, 0.05) is 5.02 Å². The van der Waals surface area contributed by atoms with Crippen LogP contribution in [0.4, 0.5) is 0 Å². The third kappa shape index (κ3) is 4.07. The highest BCUT2D eigenvalue weighted by molar-refractivity contribution is 6.31. The molecule has 3 aromatic carbocycles. The summed E-state index contributed by atoms with van der Waals surface area (Å²) in [5.74, 6) is 0. The van der Waals surface area contributed by atoms with Crippen LogP contribution in [0.15, 0.2) is 60.7 Å². The molecule has 0 aliphatic rings. The van der Waals surface area contributed by atoms with Crippen LogP contribution in [0.5, 0.6) is 0 Å². The van der Waals surface area contributed by atoms with Crippen LogP contribution in [0, 0.1) is 0 Å². The first-order valence-corrected chi connectivity index (χ1v) is 9.32. The van der Waals surface area contributed by atoms with Gasteiger partial charge in [0.05, 0.1) is 0 Å². The highest BCUT2D eigenvalue weighted by Crippen LogP contribution is 2.32. The normalized spacial score (nSPS) is 12.6. The molecule has 3 rings (SSSR count). The van der Waals surface area contributed by atoms with Crippen molar-refractivity contribution >= 4 is 22.4 Å². The first-order valence-electron chi connectivity index (χ1n) is 8.94. The lowest BCUT2D eigenvalue weighted by molar-refractivity contribution is 0.520. The van der Waals surface area contributed by atoms with Gasteiger partial charge in [-0.05, 0) is 56.8 Å². The molecule has 0 spiro atoms. The fourth-order valence-corrected chi connectivity index (χ4v) is 3.58. The average molecular weight is 351 g/mol. The lowest BCUT2D eigenvalue weighted by Gasteiger charge is -2.27. The smallest absolute Gasteiger partial charge is 0.0412 e. The summed E-state index contributed by atoms with van der Waals surface area (Å²) in [5.41, 5.74) is 4.42. The summed E-state index contributed by atoms with van der Waals surface area (Å²) in [5, 5.41) is 3.23. The van der Waals surface area contributed by atoms with Gasteiger partial charge in [0.25, 0.3) is 0 Å². The van der Waals surface area contributed by atoms with Gasteiger partial charge in [-0.15, -0.1) is 0 Å². The summed E-state index contributed by atoms with van der Waals surface area (Å²) < 4.78 is 0. The van der Waals surface area contributed by atoms with Gasteiger partial charge in [0.1, 0.15) is 0 Å². The Morgan fingerprint density at radius 1 is 0.720 bits per heavy atom. The molecule has 0 heterocycles. The molecule has 0 atom stereocenters. The third-order valence-electron chi connectivity index (χ3n) is 5.02. The number of benzene rings is 3. The van der Waals surface area contributed by atoms with Crippen LogP contribution in [0.25, 0.3) is 10.8 Å². The van der Waals surface area contributed by atoms with Crippen LogP contribution in [-0.4, -0.2) is 0 Å². The van der Waals surface area contributed by atoms with Crippen LogP contribution < -0.4 is 0 Å². The lowest BCUT2D eigenvalue weighted by atomic mass is 9.77. The number of hydrogen-bond acceptors (Lipinski definition) is 0. The second-order valence-electron chi connectivity index (χ2n) is 8.72. The summed E-state index contributed by atoms with van der Waals surface area (Å²) in [7, 11) is 0. The molecule has 0 aromatic heterocycles. The second kappa shape index (κ2) is 6.50. The van der Waals surface area contributed by atoms with E-state index in [1.54, 1.807) is 0 Å². The minimum absolute atomic E-state index is 0.0737. The highest BCUT2D eigenvalue weighted by atomic mass is 35.5. The van der Waals surface area contributed by atoms with Crippen molar-refractivity contribution < 1.29 is 0 Å². The van der Waals surface area contributed by atoms with Gasteiger partial charge in [-0.1, -0.05) is 94.8 Å². The molecule has 0 amide bonds. The number of rotatable bonds is 3. The molecule has 0 unspecified atom stereocenters. The van der Waals surface area contributed by atoms with Crippen LogP contribution >= 0.6 is 11.6 Å². The van der Waals surface area contributed by atoms with Crippen molar-refractivity contribution in [1.82, 2.24) is 0 Å². The van der Waals surface area contributed by atoms with Gasteiger partial charge in [-0.3, -0.25) is 0 Å². The molecule has 1 heteroatoms. The topological polar surface area (TPSA) is 0 Å². The Bertz CT molecular complexity index is 897. The molecule has 0 fully saturated rings. The number of fused-ring (bicyclic) bond motifs is 1. The first-order chi connectivity index (χ1) is 11.6. The maximum Gasteiger partial charge on any atom is 0.0412 e. The van der Waals surface area contributed by atoms with Gasteiger partial charge in [0.2, 0.25) is 0 Å². The van der Waals surface area contributed by atoms with Gasteiger partial charge in [0.15, 0.2) is 0 Å². The Hall–Kier alpha value is -1.79.